The molecule has 0 aliphatic rings. The Hall–Kier alpha value is -3.98. The van der Waals surface area contributed by atoms with Crippen LogP contribution in [0.5, 0.6) is 5.75 Å². The molecule has 0 saturated heterocycles. The van der Waals surface area contributed by atoms with Gasteiger partial charge in [0.2, 0.25) is 0 Å². The maximum Gasteiger partial charge on any atom is 0.488 e. The molecule has 0 aliphatic carbocycles. The van der Waals surface area contributed by atoms with Crippen molar-refractivity contribution in [1.82, 2.24) is 5.32 Å². The third-order valence-corrected chi connectivity index (χ3v) is 5.28. The second-order valence-corrected chi connectivity index (χ2v) is 7.98. The monoisotopic (exact) mass is 521 g/mol. The molecular formula is C23H22B3NO11. The third kappa shape index (κ3) is 7.76. The van der Waals surface area contributed by atoms with Gasteiger partial charge >= 0.3 is 33.3 Å². The summed E-state index contributed by atoms with van der Waals surface area (Å²) in [5.74, 6) is -2.59. The largest absolute Gasteiger partial charge is 0.488 e. The molecule has 3 aromatic rings. The van der Waals surface area contributed by atoms with Gasteiger partial charge in [-0.1, -0.05) is 36.4 Å². The summed E-state index contributed by atoms with van der Waals surface area (Å²) in [4.78, 5) is 38.1. The average molecular weight is 521 g/mol. The van der Waals surface area contributed by atoms with Gasteiger partial charge in [0, 0.05) is 5.56 Å². The number of hydrogen-bond donors (Lipinski definition) is 7. The van der Waals surface area contributed by atoms with E-state index in [0.717, 1.165) is 0 Å². The number of carbonyl (C=O) groups is 3. The topological polar surface area (TPSA) is 203 Å². The van der Waals surface area contributed by atoms with Crippen LogP contribution in [0, 0.1) is 0 Å². The number of ether oxygens (including phenoxy) is 2. The van der Waals surface area contributed by atoms with E-state index in [9.17, 15) is 44.5 Å². The summed E-state index contributed by atoms with van der Waals surface area (Å²) in [6.45, 7) is -0.630. The van der Waals surface area contributed by atoms with Crippen LogP contribution >= 0.6 is 0 Å². The zero-order valence-electron chi connectivity index (χ0n) is 19.7. The predicted molar refractivity (Wildman–Crippen MR) is 136 cm³/mol. The highest BCUT2D eigenvalue weighted by Gasteiger charge is 2.26. The van der Waals surface area contributed by atoms with Crippen LogP contribution in [0.15, 0.2) is 72.8 Å². The van der Waals surface area contributed by atoms with Crippen LogP contribution < -0.4 is 26.4 Å². The number of benzene rings is 3. The van der Waals surface area contributed by atoms with Gasteiger partial charge in [-0.25, -0.2) is 9.59 Å². The lowest BCUT2D eigenvalue weighted by Gasteiger charge is -2.18. The molecule has 0 aliphatic heterocycles. The van der Waals surface area contributed by atoms with Gasteiger partial charge in [0.15, 0.2) is 6.04 Å². The fourth-order valence-corrected chi connectivity index (χ4v) is 3.15. The third-order valence-electron chi connectivity index (χ3n) is 5.28. The lowest BCUT2D eigenvalue weighted by molar-refractivity contribution is -0.137. The maximum atomic E-state index is 12.9. The van der Waals surface area contributed by atoms with Gasteiger partial charge in [-0.15, -0.1) is 0 Å². The van der Waals surface area contributed by atoms with Crippen LogP contribution in [0.1, 0.15) is 20.7 Å². The number of esters is 2. The van der Waals surface area contributed by atoms with Crippen LogP contribution in [0.4, 0.5) is 0 Å². The molecule has 0 fully saturated rings. The summed E-state index contributed by atoms with van der Waals surface area (Å²) in [5, 5.41) is 57.6. The minimum Gasteiger partial charge on any atom is -0.459 e. The van der Waals surface area contributed by atoms with E-state index in [1.807, 2.05) is 0 Å². The molecule has 38 heavy (non-hydrogen) atoms. The van der Waals surface area contributed by atoms with E-state index in [-0.39, 0.29) is 33.3 Å². The van der Waals surface area contributed by atoms with Crippen LogP contribution in [0.25, 0.3) is 0 Å². The van der Waals surface area contributed by atoms with Crippen LogP contribution in [-0.4, -0.2) is 82.0 Å². The van der Waals surface area contributed by atoms with E-state index in [0.29, 0.717) is 0 Å². The van der Waals surface area contributed by atoms with Crippen LogP contribution in [0.2, 0.25) is 0 Å². The Morgan fingerprint density at radius 3 is 1.53 bits per heavy atom. The van der Waals surface area contributed by atoms with Gasteiger partial charge < -0.3 is 44.9 Å². The molecule has 3 rings (SSSR count). The zero-order valence-corrected chi connectivity index (χ0v) is 19.7. The SMILES string of the molecule is O=C(N[C@@H](COC(=O)c1ccc(B(O)O)cc1)C(=O)Oc1ccc(B(O)O)cc1)c1ccc(B(O)O)cc1. The molecule has 12 nitrogen and oxygen atoms in total. The van der Waals surface area contributed by atoms with Gasteiger partial charge in [0.1, 0.15) is 12.4 Å². The van der Waals surface area contributed by atoms with Gasteiger partial charge in [-0.05, 0) is 52.8 Å². The molecular weight excluding hydrogens is 499 g/mol. The Kier molecular flexibility index (Phi) is 9.79. The van der Waals surface area contributed by atoms with Crippen molar-refractivity contribution < 1.29 is 54.0 Å². The minimum atomic E-state index is -1.73. The molecule has 194 valence electrons. The fourth-order valence-electron chi connectivity index (χ4n) is 3.15. The lowest BCUT2D eigenvalue weighted by atomic mass is 9.80. The van der Waals surface area contributed by atoms with Crippen molar-refractivity contribution in [3.63, 3.8) is 0 Å². The Balaban J connectivity index is 1.74. The summed E-state index contributed by atoms with van der Waals surface area (Å²) in [5.41, 5.74) is 0.555. The Bertz CT molecular complexity index is 1250. The molecule has 15 heteroatoms. The Morgan fingerprint density at radius 1 is 0.658 bits per heavy atom. The molecule has 0 saturated carbocycles. The smallest absolute Gasteiger partial charge is 0.459 e. The Morgan fingerprint density at radius 2 is 1.08 bits per heavy atom. The highest BCUT2D eigenvalue weighted by Crippen LogP contribution is 2.10. The number of rotatable bonds is 10. The molecule has 0 bridgehead atoms. The van der Waals surface area contributed by atoms with Gasteiger partial charge in [0.25, 0.3) is 5.91 Å². The Labute approximate surface area is 217 Å². The summed E-state index contributed by atoms with van der Waals surface area (Å²) < 4.78 is 10.4. The van der Waals surface area contributed by atoms with E-state index in [4.69, 9.17) is 9.47 Å². The number of amides is 1. The highest BCUT2D eigenvalue weighted by atomic mass is 16.6. The first-order chi connectivity index (χ1) is 18.0. The summed E-state index contributed by atoms with van der Waals surface area (Å²) in [6, 6.07) is 14.1. The fraction of sp³-hybridized carbons (Fsp3) is 0.0870. The van der Waals surface area contributed by atoms with Gasteiger partial charge in [-0.2, -0.15) is 0 Å². The number of nitrogens with one attached hydrogen (secondary N) is 1. The zero-order chi connectivity index (χ0) is 27.8. The van der Waals surface area contributed by atoms with Crippen LogP contribution in [-0.2, 0) is 9.53 Å². The standard InChI is InChI=1S/C23H22B3NO11/c28-21(14-1-5-16(6-2-14)24(31)32)27-20(23(30)38-19-11-9-18(10-12-19)26(35)36)13-37-22(29)15-3-7-17(8-4-15)25(33)34/h1-12,20,31-36H,13H2,(H,27,28)/t20-/m0/s1. The van der Waals surface area contributed by atoms with E-state index >= 15 is 0 Å². The van der Waals surface area contributed by atoms with Gasteiger partial charge in [-0.3, -0.25) is 4.79 Å². The lowest BCUT2D eigenvalue weighted by Crippen LogP contribution is -2.46. The summed E-state index contributed by atoms with van der Waals surface area (Å²) in [7, 11) is -5.18. The minimum absolute atomic E-state index is 0.0180. The van der Waals surface area contributed by atoms with Crippen molar-refractivity contribution in [3.05, 3.63) is 83.9 Å². The highest BCUT2D eigenvalue weighted by molar-refractivity contribution is 6.59. The van der Waals surface area contributed by atoms with Crippen molar-refractivity contribution in [1.29, 1.82) is 0 Å². The quantitative estimate of drug-likeness (QED) is 0.0786. The van der Waals surface area contributed by atoms with Crippen LogP contribution in [0.3, 0.4) is 0 Å². The van der Waals surface area contributed by atoms with E-state index in [2.05, 4.69) is 5.32 Å². The average Bonchev–Trinajstić information content (AvgIpc) is 2.91. The molecule has 3 aromatic carbocycles. The number of carbonyl (C=O) groups excluding carboxylic acids is 3. The van der Waals surface area contributed by atoms with Crippen molar-refractivity contribution >= 4 is 55.6 Å². The molecule has 0 radical (unpaired) electrons. The van der Waals surface area contributed by atoms with Crippen molar-refractivity contribution in [2.24, 2.45) is 0 Å². The first kappa shape index (κ1) is 28.6. The summed E-state index contributed by atoms with van der Waals surface area (Å²) >= 11 is 0. The number of hydrogen-bond acceptors (Lipinski definition) is 11. The van der Waals surface area contributed by atoms with Crippen molar-refractivity contribution in [2.75, 3.05) is 6.61 Å². The van der Waals surface area contributed by atoms with Gasteiger partial charge in [0.05, 0.1) is 5.56 Å². The summed E-state index contributed by atoms with van der Waals surface area (Å²) in [6.07, 6.45) is 0. The van der Waals surface area contributed by atoms with E-state index in [1.54, 1.807) is 0 Å². The second kappa shape index (κ2) is 13.0. The maximum absolute atomic E-state index is 12.9. The van der Waals surface area contributed by atoms with E-state index in [1.165, 1.54) is 72.8 Å². The normalized spacial score (nSPS) is 11.2. The molecule has 0 unspecified atom stereocenters. The van der Waals surface area contributed by atoms with E-state index < -0.39 is 51.8 Å². The second-order valence-electron chi connectivity index (χ2n) is 7.98. The van der Waals surface area contributed by atoms with Crippen molar-refractivity contribution in [3.8, 4) is 5.75 Å². The molecule has 0 aromatic heterocycles. The first-order valence-electron chi connectivity index (χ1n) is 11.1. The molecule has 1 amide bonds. The molecule has 1 atom stereocenters. The van der Waals surface area contributed by atoms with Crippen molar-refractivity contribution in [2.45, 2.75) is 6.04 Å². The molecule has 7 N–H and O–H groups in total. The molecule has 0 heterocycles. The molecule has 0 spiro atoms. The first-order valence-corrected chi connectivity index (χ1v) is 11.1. The predicted octanol–water partition coefficient (Wildman–Crippen LogP) is -3.71.